The summed E-state index contributed by atoms with van der Waals surface area (Å²) in [6.07, 6.45) is 0. The van der Waals surface area contributed by atoms with Crippen molar-refractivity contribution < 1.29 is 9.13 Å². The molecule has 1 aromatic heterocycles. The lowest BCUT2D eigenvalue weighted by Crippen LogP contribution is -1.93. The highest BCUT2D eigenvalue weighted by atomic mass is 19.1. The number of hydrogen-bond donors (Lipinski definition) is 1. The monoisotopic (exact) mass is 192 g/mol. The normalized spacial score (nSPS) is 10.4. The van der Waals surface area contributed by atoms with Gasteiger partial charge in [-0.25, -0.2) is 9.37 Å². The molecule has 0 bridgehead atoms. The number of methoxy groups -OCH3 is 1. The van der Waals surface area contributed by atoms with Crippen LogP contribution in [0, 0.1) is 5.82 Å². The number of nitrogens with zero attached hydrogens (tertiary/aromatic N) is 1. The summed E-state index contributed by atoms with van der Waals surface area (Å²) in [5.74, 6) is 0.356. The standard InChI is InChI=1S/C10H9FN2O/c1-14-7-4-6-2-3-9(12)13-10(6)8(11)5-7/h2-5H,1H3,(H2,12,13). The Morgan fingerprint density at radius 1 is 1.36 bits per heavy atom. The van der Waals surface area contributed by atoms with Crippen LogP contribution in [-0.4, -0.2) is 12.1 Å². The van der Waals surface area contributed by atoms with E-state index in [0.29, 0.717) is 17.0 Å². The Morgan fingerprint density at radius 2 is 2.14 bits per heavy atom. The number of pyridine rings is 1. The first-order valence-electron chi connectivity index (χ1n) is 4.10. The van der Waals surface area contributed by atoms with Gasteiger partial charge in [-0.3, -0.25) is 0 Å². The van der Waals surface area contributed by atoms with Crippen LogP contribution < -0.4 is 10.5 Å². The predicted octanol–water partition coefficient (Wildman–Crippen LogP) is 1.96. The van der Waals surface area contributed by atoms with E-state index in [-0.39, 0.29) is 5.52 Å². The van der Waals surface area contributed by atoms with Crippen LogP contribution in [0.3, 0.4) is 0 Å². The maximum absolute atomic E-state index is 13.4. The van der Waals surface area contributed by atoms with E-state index in [1.807, 2.05) is 0 Å². The number of nitrogens with two attached hydrogens (primary N) is 1. The van der Waals surface area contributed by atoms with Gasteiger partial charge >= 0.3 is 0 Å². The number of rotatable bonds is 1. The summed E-state index contributed by atoms with van der Waals surface area (Å²) in [7, 11) is 1.49. The van der Waals surface area contributed by atoms with Crippen molar-refractivity contribution in [3.63, 3.8) is 0 Å². The molecule has 0 fully saturated rings. The van der Waals surface area contributed by atoms with E-state index >= 15 is 0 Å². The highest BCUT2D eigenvalue weighted by molar-refractivity contribution is 5.82. The molecule has 3 nitrogen and oxygen atoms in total. The van der Waals surface area contributed by atoms with Crippen LogP contribution in [0.1, 0.15) is 0 Å². The van der Waals surface area contributed by atoms with E-state index in [4.69, 9.17) is 10.5 Å². The number of ether oxygens (including phenoxy) is 1. The van der Waals surface area contributed by atoms with Crippen molar-refractivity contribution in [3.8, 4) is 5.75 Å². The average Bonchev–Trinajstić information content (AvgIpc) is 2.19. The molecule has 0 aliphatic carbocycles. The second-order valence-electron chi connectivity index (χ2n) is 2.92. The van der Waals surface area contributed by atoms with Gasteiger partial charge in [-0.2, -0.15) is 0 Å². The Bertz CT molecular complexity index is 485. The molecule has 0 unspecified atom stereocenters. The minimum Gasteiger partial charge on any atom is -0.497 e. The molecule has 0 saturated carbocycles. The largest absolute Gasteiger partial charge is 0.497 e. The Hall–Kier alpha value is -1.84. The Balaban J connectivity index is 2.76. The molecule has 0 aliphatic rings. The molecule has 0 saturated heterocycles. The summed E-state index contributed by atoms with van der Waals surface area (Å²) >= 11 is 0. The van der Waals surface area contributed by atoms with Crippen molar-refractivity contribution in [1.82, 2.24) is 4.98 Å². The molecule has 0 amide bonds. The lowest BCUT2D eigenvalue weighted by Gasteiger charge is -2.03. The number of aromatic nitrogens is 1. The minimum atomic E-state index is -0.424. The van der Waals surface area contributed by atoms with E-state index in [1.54, 1.807) is 18.2 Å². The summed E-state index contributed by atoms with van der Waals surface area (Å²) in [4.78, 5) is 3.90. The maximum atomic E-state index is 13.4. The number of halogens is 1. The van der Waals surface area contributed by atoms with Gasteiger partial charge in [0.15, 0.2) is 5.82 Å². The predicted molar refractivity (Wildman–Crippen MR) is 52.7 cm³/mol. The zero-order valence-electron chi connectivity index (χ0n) is 7.62. The van der Waals surface area contributed by atoms with Crippen LogP contribution in [0.2, 0.25) is 0 Å². The summed E-state index contributed by atoms with van der Waals surface area (Å²) in [6, 6.07) is 6.34. The van der Waals surface area contributed by atoms with Gasteiger partial charge in [0.25, 0.3) is 0 Å². The van der Waals surface area contributed by atoms with Gasteiger partial charge in [0, 0.05) is 11.5 Å². The molecule has 14 heavy (non-hydrogen) atoms. The summed E-state index contributed by atoms with van der Waals surface area (Å²) < 4.78 is 18.3. The quantitative estimate of drug-likeness (QED) is 0.751. The zero-order chi connectivity index (χ0) is 10.1. The number of hydrogen-bond acceptors (Lipinski definition) is 3. The molecule has 0 radical (unpaired) electrons. The topological polar surface area (TPSA) is 48.1 Å². The van der Waals surface area contributed by atoms with Gasteiger partial charge in [-0.05, 0) is 18.2 Å². The zero-order valence-corrected chi connectivity index (χ0v) is 7.62. The third-order valence-electron chi connectivity index (χ3n) is 1.98. The van der Waals surface area contributed by atoms with Crippen LogP contribution in [0.25, 0.3) is 10.9 Å². The molecule has 72 valence electrons. The van der Waals surface area contributed by atoms with Gasteiger partial charge in [-0.1, -0.05) is 0 Å². The Labute approximate surface area is 80.3 Å². The Morgan fingerprint density at radius 3 is 2.86 bits per heavy atom. The van der Waals surface area contributed by atoms with E-state index < -0.39 is 5.82 Å². The van der Waals surface area contributed by atoms with E-state index in [1.165, 1.54) is 13.2 Å². The van der Waals surface area contributed by atoms with Gasteiger partial charge in [-0.15, -0.1) is 0 Å². The number of anilines is 1. The highest BCUT2D eigenvalue weighted by Crippen LogP contribution is 2.23. The molecule has 1 heterocycles. The number of nitrogen functional groups attached to an aromatic ring is 1. The van der Waals surface area contributed by atoms with Gasteiger partial charge in [0.05, 0.1) is 7.11 Å². The van der Waals surface area contributed by atoms with E-state index in [0.717, 1.165) is 0 Å². The number of fused-ring (bicyclic) bond motifs is 1. The summed E-state index contributed by atoms with van der Waals surface area (Å²) in [5.41, 5.74) is 5.72. The van der Waals surface area contributed by atoms with Crippen LogP contribution in [-0.2, 0) is 0 Å². The second kappa shape index (κ2) is 3.14. The van der Waals surface area contributed by atoms with Crippen LogP contribution >= 0.6 is 0 Å². The SMILES string of the molecule is COc1cc(F)c2nc(N)ccc2c1. The molecule has 1 aromatic carbocycles. The lowest BCUT2D eigenvalue weighted by molar-refractivity contribution is 0.412. The molecule has 0 spiro atoms. The van der Waals surface area contributed by atoms with E-state index in [2.05, 4.69) is 4.98 Å². The van der Waals surface area contributed by atoms with Crippen LogP contribution in [0.5, 0.6) is 5.75 Å². The maximum Gasteiger partial charge on any atom is 0.153 e. The molecular weight excluding hydrogens is 183 g/mol. The van der Waals surface area contributed by atoms with Crippen molar-refractivity contribution in [2.24, 2.45) is 0 Å². The fourth-order valence-corrected chi connectivity index (χ4v) is 1.30. The first kappa shape index (κ1) is 8.74. The minimum absolute atomic E-state index is 0.269. The smallest absolute Gasteiger partial charge is 0.153 e. The number of benzene rings is 1. The highest BCUT2D eigenvalue weighted by Gasteiger charge is 2.05. The average molecular weight is 192 g/mol. The first-order valence-corrected chi connectivity index (χ1v) is 4.10. The fraction of sp³-hybridized carbons (Fsp3) is 0.100. The van der Waals surface area contributed by atoms with Crippen LogP contribution in [0.4, 0.5) is 10.2 Å². The third kappa shape index (κ3) is 1.35. The van der Waals surface area contributed by atoms with Gasteiger partial charge < -0.3 is 10.5 Å². The molecule has 4 heteroatoms. The summed E-state index contributed by atoms with van der Waals surface area (Å²) in [6.45, 7) is 0. The molecular formula is C10H9FN2O. The fourth-order valence-electron chi connectivity index (χ4n) is 1.30. The first-order chi connectivity index (χ1) is 6.70. The molecule has 0 atom stereocenters. The van der Waals surface area contributed by atoms with Crippen molar-refractivity contribution in [3.05, 3.63) is 30.1 Å². The van der Waals surface area contributed by atoms with Crippen molar-refractivity contribution >= 4 is 16.7 Å². The second-order valence-corrected chi connectivity index (χ2v) is 2.92. The molecule has 0 aliphatic heterocycles. The molecule has 2 rings (SSSR count). The van der Waals surface area contributed by atoms with E-state index in [9.17, 15) is 4.39 Å². The third-order valence-corrected chi connectivity index (χ3v) is 1.98. The lowest BCUT2D eigenvalue weighted by atomic mass is 10.2. The molecule has 2 N–H and O–H groups in total. The van der Waals surface area contributed by atoms with Crippen LogP contribution in [0.15, 0.2) is 24.3 Å². The van der Waals surface area contributed by atoms with Gasteiger partial charge in [0.1, 0.15) is 17.1 Å². The van der Waals surface area contributed by atoms with Crippen molar-refractivity contribution in [2.75, 3.05) is 12.8 Å². The Kier molecular flexibility index (Phi) is 1.96. The summed E-state index contributed by atoms with van der Waals surface area (Å²) in [5, 5.41) is 0.677. The van der Waals surface area contributed by atoms with Crippen molar-refractivity contribution in [2.45, 2.75) is 0 Å². The van der Waals surface area contributed by atoms with Crippen molar-refractivity contribution in [1.29, 1.82) is 0 Å². The van der Waals surface area contributed by atoms with Gasteiger partial charge in [0.2, 0.25) is 0 Å². The molecule has 2 aromatic rings.